The maximum atomic E-state index is 11.9. The van der Waals surface area contributed by atoms with Gasteiger partial charge in [0.05, 0.1) is 26.4 Å². The van der Waals surface area contributed by atoms with Gasteiger partial charge in [0.2, 0.25) is 5.91 Å². The molecule has 6 nitrogen and oxygen atoms in total. The highest BCUT2D eigenvalue weighted by Gasteiger charge is 2.30. The fourth-order valence-electron chi connectivity index (χ4n) is 1.90. The zero-order valence-electron chi connectivity index (χ0n) is 11.8. The summed E-state index contributed by atoms with van der Waals surface area (Å²) in [4.78, 5) is 25.4. The second-order valence-corrected chi connectivity index (χ2v) is 4.53. The molecule has 0 aliphatic carbocycles. The molecule has 0 aromatic rings. The third-order valence-corrected chi connectivity index (χ3v) is 2.99. The van der Waals surface area contributed by atoms with E-state index < -0.39 is 6.04 Å². The largest absolute Gasteiger partial charge is 0.465 e. The van der Waals surface area contributed by atoms with E-state index in [1.807, 2.05) is 18.7 Å². The van der Waals surface area contributed by atoms with Gasteiger partial charge in [-0.25, -0.2) is 0 Å². The summed E-state index contributed by atoms with van der Waals surface area (Å²) in [5.74, 6) is -0.367. The van der Waals surface area contributed by atoms with E-state index in [1.54, 1.807) is 0 Å². The van der Waals surface area contributed by atoms with Gasteiger partial charge in [-0.15, -0.1) is 0 Å². The van der Waals surface area contributed by atoms with E-state index in [4.69, 9.17) is 9.47 Å². The standard InChI is InChI=1S/C13H24N2O4/c1-3-5-7-19-12(16)9-15-6-8-18-10-11(15)13(17)14-4-2/h11H,3-10H2,1-2H3,(H,14,17). The number of esters is 1. The fraction of sp³-hybridized carbons (Fsp3) is 0.846. The van der Waals surface area contributed by atoms with E-state index in [9.17, 15) is 9.59 Å². The molecular formula is C13H24N2O4. The summed E-state index contributed by atoms with van der Waals surface area (Å²) in [6.07, 6.45) is 1.86. The molecule has 1 unspecified atom stereocenters. The summed E-state index contributed by atoms with van der Waals surface area (Å²) in [7, 11) is 0. The van der Waals surface area contributed by atoms with Gasteiger partial charge < -0.3 is 14.8 Å². The van der Waals surface area contributed by atoms with Crippen molar-refractivity contribution < 1.29 is 19.1 Å². The number of unbranched alkanes of at least 4 members (excludes halogenated alkanes) is 1. The van der Waals surface area contributed by atoms with E-state index in [0.29, 0.717) is 32.9 Å². The van der Waals surface area contributed by atoms with Crippen LogP contribution in [0.5, 0.6) is 0 Å². The smallest absolute Gasteiger partial charge is 0.320 e. The molecule has 0 aromatic heterocycles. The van der Waals surface area contributed by atoms with E-state index in [0.717, 1.165) is 12.8 Å². The first-order valence-electron chi connectivity index (χ1n) is 6.94. The lowest BCUT2D eigenvalue weighted by molar-refractivity contribution is -0.149. The van der Waals surface area contributed by atoms with E-state index in [1.165, 1.54) is 0 Å². The Morgan fingerprint density at radius 1 is 1.42 bits per heavy atom. The molecule has 1 amide bonds. The number of hydrogen-bond acceptors (Lipinski definition) is 5. The molecule has 1 aliphatic rings. The summed E-state index contributed by atoms with van der Waals surface area (Å²) < 4.78 is 10.4. The zero-order chi connectivity index (χ0) is 14.1. The summed E-state index contributed by atoms with van der Waals surface area (Å²) in [6.45, 7) is 6.52. The Hall–Kier alpha value is -1.14. The molecule has 0 saturated carbocycles. The number of carbonyl (C=O) groups excluding carboxylic acids is 2. The van der Waals surface area contributed by atoms with E-state index >= 15 is 0 Å². The van der Waals surface area contributed by atoms with Gasteiger partial charge in [-0.1, -0.05) is 13.3 Å². The SMILES string of the molecule is CCCCOC(=O)CN1CCOCC1C(=O)NCC. The molecule has 0 radical (unpaired) electrons. The van der Waals surface area contributed by atoms with E-state index in [2.05, 4.69) is 5.32 Å². The minimum absolute atomic E-state index is 0.0939. The average molecular weight is 272 g/mol. The molecule has 6 heteroatoms. The molecule has 0 bridgehead atoms. The van der Waals surface area contributed by atoms with Gasteiger partial charge in [-0.2, -0.15) is 0 Å². The Bertz CT molecular complexity index is 296. The molecule has 0 spiro atoms. The van der Waals surface area contributed by atoms with Crippen molar-refractivity contribution in [3.05, 3.63) is 0 Å². The van der Waals surface area contributed by atoms with Gasteiger partial charge in [-0.05, 0) is 13.3 Å². The van der Waals surface area contributed by atoms with Gasteiger partial charge in [0.25, 0.3) is 0 Å². The van der Waals surface area contributed by atoms with Crippen LogP contribution in [0.3, 0.4) is 0 Å². The number of rotatable bonds is 7. The first-order valence-corrected chi connectivity index (χ1v) is 6.94. The van der Waals surface area contributed by atoms with Crippen molar-refractivity contribution in [2.24, 2.45) is 0 Å². The van der Waals surface area contributed by atoms with Crippen LogP contribution in [-0.2, 0) is 19.1 Å². The van der Waals surface area contributed by atoms with Gasteiger partial charge in [0, 0.05) is 13.1 Å². The number of hydrogen-bond donors (Lipinski definition) is 1. The number of ether oxygens (including phenoxy) is 2. The lowest BCUT2D eigenvalue weighted by Crippen LogP contribution is -2.55. The van der Waals surface area contributed by atoms with Crippen LogP contribution in [0.2, 0.25) is 0 Å². The van der Waals surface area contributed by atoms with Gasteiger partial charge in [0.15, 0.2) is 0 Å². The van der Waals surface area contributed by atoms with Crippen LogP contribution in [0.25, 0.3) is 0 Å². The van der Waals surface area contributed by atoms with Crippen LogP contribution < -0.4 is 5.32 Å². The average Bonchev–Trinajstić information content (AvgIpc) is 2.40. The van der Waals surface area contributed by atoms with Crippen LogP contribution in [0.1, 0.15) is 26.7 Å². The Labute approximate surface area is 114 Å². The summed E-state index contributed by atoms with van der Waals surface area (Å²) in [6, 6.07) is -0.396. The van der Waals surface area contributed by atoms with Gasteiger partial charge in [0.1, 0.15) is 6.04 Å². The molecule has 1 saturated heterocycles. The molecule has 1 heterocycles. The summed E-state index contributed by atoms with van der Waals surface area (Å²) in [5, 5.41) is 2.76. The molecule has 1 aliphatic heterocycles. The Kier molecular flexibility index (Phi) is 7.43. The number of likely N-dealkylation sites (N-methyl/N-ethyl adjacent to an activating group) is 1. The molecule has 1 fully saturated rings. The number of nitrogens with zero attached hydrogens (tertiary/aromatic N) is 1. The third kappa shape index (κ3) is 5.57. The first-order chi connectivity index (χ1) is 9.19. The van der Waals surface area contributed by atoms with Crippen molar-refractivity contribution in [1.29, 1.82) is 0 Å². The molecule has 1 atom stereocenters. The third-order valence-electron chi connectivity index (χ3n) is 2.99. The van der Waals surface area contributed by atoms with Crippen molar-refractivity contribution >= 4 is 11.9 Å². The Morgan fingerprint density at radius 2 is 2.21 bits per heavy atom. The Morgan fingerprint density at radius 3 is 2.89 bits per heavy atom. The first kappa shape index (κ1) is 15.9. The molecular weight excluding hydrogens is 248 g/mol. The van der Waals surface area contributed by atoms with Crippen molar-refractivity contribution in [2.45, 2.75) is 32.7 Å². The number of amides is 1. The number of morpholine rings is 1. The van der Waals surface area contributed by atoms with Crippen molar-refractivity contribution in [2.75, 3.05) is 39.5 Å². The predicted molar refractivity (Wildman–Crippen MR) is 70.7 cm³/mol. The zero-order valence-corrected chi connectivity index (χ0v) is 11.8. The van der Waals surface area contributed by atoms with Crippen LogP contribution >= 0.6 is 0 Å². The normalized spacial score (nSPS) is 20.0. The van der Waals surface area contributed by atoms with Crippen LogP contribution in [0.15, 0.2) is 0 Å². The van der Waals surface area contributed by atoms with Gasteiger partial charge in [-0.3, -0.25) is 14.5 Å². The lowest BCUT2D eigenvalue weighted by Gasteiger charge is -2.33. The topological polar surface area (TPSA) is 67.9 Å². The lowest BCUT2D eigenvalue weighted by atomic mass is 10.2. The highest BCUT2D eigenvalue weighted by Crippen LogP contribution is 2.07. The summed E-state index contributed by atoms with van der Waals surface area (Å²) >= 11 is 0. The summed E-state index contributed by atoms with van der Waals surface area (Å²) in [5.41, 5.74) is 0. The Balaban J connectivity index is 2.43. The number of carbonyl (C=O) groups is 2. The quantitative estimate of drug-likeness (QED) is 0.528. The van der Waals surface area contributed by atoms with Crippen molar-refractivity contribution in [3.8, 4) is 0 Å². The van der Waals surface area contributed by atoms with Crippen LogP contribution in [0.4, 0.5) is 0 Å². The predicted octanol–water partition coefficient (Wildman–Crippen LogP) is 0.167. The second kappa shape index (κ2) is 8.87. The highest BCUT2D eigenvalue weighted by molar-refractivity contribution is 5.83. The van der Waals surface area contributed by atoms with Crippen LogP contribution in [-0.4, -0.2) is 62.3 Å². The van der Waals surface area contributed by atoms with Crippen molar-refractivity contribution in [1.82, 2.24) is 10.2 Å². The van der Waals surface area contributed by atoms with Gasteiger partial charge >= 0.3 is 5.97 Å². The van der Waals surface area contributed by atoms with Crippen molar-refractivity contribution in [3.63, 3.8) is 0 Å². The molecule has 0 aromatic carbocycles. The number of nitrogens with one attached hydrogen (secondary N) is 1. The monoisotopic (exact) mass is 272 g/mol. The second-order valence-electron chi connectivity index (χ2n) is 4.53. The maximum Gasteiger partial charge on any atom is 0.320 e. The minimum Gasteiger partial charge on any atom is -0.465 e. The highest BCUT2D eigenvalue weighted by atomic mass is 16.5. The maximum absolute atomic E-state index is 11.9. The van der Waals surface area contributed by atoms with Crippen LogP contribution in [0, 0.1) is 0 Å². The minimum atomic E-state index is -0.396. The molecule has 1 rings (SSSR count). The molecule has 1 N–H and O–H groups in total. The van der Waals surface area contributed by atoms with E-state index in [-0.39, 0.29) is 18.4 Å². The fourth-order valence-corrected chi connectivity index (χ4v) is 1.90. The molecule has 110 valence electrons. The molecule has 19 heavy (non-hydrogen) atoms.